The molecule has 0 saturated carbocycles. The average molecular weight is 232 g/mol. The van der Waals surface area contributed by atoms with Gasteiger partial charge in [0, 0.05) is 13.2 Å². The molecule has 0 aliphatic heterocycles. The topological polar surface area (TPSA) is 88.3 Å². The lowest BCUT2D eigenvalue weighted by Gasteiger charge is -2.04. The van der Waals surface area contributed by atoms with Crippen molar-refractivity contribution < 1.29 is 10.0 Å². The largest absolute Gasteiger partial charge is 0.396 e. The van der Waals surface area contributed by atoms with Gasteiger partial charge in [0.05, 0.1) is 17.1 Å². The fourth-order valence-corrected chi connectivity index (χ4v) is 1.18. The third-order valence-corrected chi connectivity index (χ3v) is 1.82. The monoisotopic (exact) mass is 231 g/mol. The van der Waals surface area contributed by atoms with E-state index in [0.29, 0.717) is 18.8 Å². The van der Waals surface area contributed by atoms with Gasteiger partial charge in [-0.25, -0.2) is 4.98 Å². The van der Waals surface area contributed by atoms with Gasteiger partial charge in [-0.3, -0.25) is 10.1 Å². The van der Waals surface area contributed by atoms with Crippen LogP contribution >= 0.6 is 11.6 Å². The molecule has 0 aliphatic rings. The molecule has 15 heavy (non-hydrogen) atoms. The van der Waals surface area contributed by atoms with Gasteiger partial charge in [-0.1, -0.05) is 11.6 Å². The van der Waals surface area contributed by atoms with Crippen LogP contribution in [0.3, 0.4) is 0 Å². The Labute approximate surface area is 91.0 Å². The Morgan fingerprint density at radius 2 is 2.33 bits per heavy atom. The minimum Gasteiger partial charge on any atom is -0.396 e. The van der Waals surface area contributed by atoms with Crippen LogP contribution in [0, 0.1) is 10.1 Å². The van der Waals surface area contributed by atoms with E-state index in [9.17, 15) is 10.1 Å². The molecule has 0 fully saturated rings. The van der Waals surface area contributed by atoms with E-state index in [1.54, 1.807) is 0 Å². The molecule has 0 aromatic carbocycles. The maximum atomic E-state index is 10.5. The molecule has 1 aromatic rings. The lowest BCUT2D eigenvalue weighted by atomic mass is 10.4. The van der Waals surface area contributed by atoms with E-state index < -0.39 is 4.92 Å². The zero-order chi connectivity index (χ0) is 11.3. The molecule has 6 nitrogen and oxygen atoms in total. The third kappa shape index (κ3) is 3.69. The summed E-state index contributed by atoms with van der Waals surface area (Å²) in [7, 11) is 0. The first-order valence-electron chi connectivity index (χ1n) is 4.30. The molecule has 7 heteroatoms. The maximum Gasteiger partial charge on any atom is 0.276 e. The number of halogens is 1. The Kier molecular flexibility index (Phi) is 4.26. The Morgan fingerprint density at radius 3 is 2.93 bits per heavy atom. The van der Waals surface area contributed by atoms with Crippen LogP contribution in [-0.4, -0.2) is 28.2 Å². The van der Waals surface area contributed by atoms with Crippen molar-refractivity contribution in [3.8, 4) is 0 Å². The zero-order valence-corrected chi connectivity index (χ0v) is 8.57. The van der Waals surface area contributed by atoms with Gasteiger partial charge in [-0.15, -0.1) is 0 Å². The molecule has 0 bridgehead atoms. The Bertz CT molecular complexity index is 359. The highest BCUT2D eigenvalue weighted by molar-refractivity contribution is 6.29. The number of nitrogens with zero attached hydrogens (tertiary/aromatic N) is 2. The van der Waals surface area contributed by atoms with Gasteiger partial charge in [0.15, 0.2) is 0 Å². The highest BCUT2D eigenvalue weighted by Crippen LogP contribution is 2.20. The summed E-state index contributed by atoms with van der Waals surface area (Å²) in [4.78, 5) is 13.8. The molecule has 0 atom stereocenters. The Hall–Kier alpha value is -1.40. The van der Waals surface area contributed by atoms with E-state index in [4.69, 9.17) is 16.7 Å². The fourth-order valence-electron chi connectivity index (χ4n) is 0.975. The zero-order valence-electron chi connectivity index (χ0n) is 7.81. The minimum atomic E-state index is -0.537. The lowest BCUT2D eigenvalue weighted by molar-refractivity contribution is -0.384. The van der Waals surface area contributed by atoms with Gasteiger partial charge in [0.1, 0.15) is 11.0 Å². The second-order valence-corrected chi connectivity index (χ2v) is 3.18. The van der Waals surface area contributed by atoms with Crippen molar-refractivity contribution in [3.63, 3.8) is 0 Å². The third-order valence-electron chi connectivity index (χ3n) is 1.63. The molecule has 0 aliphatic carbocycles. The number of rotatable bonds is 5. The molecule has 0 unspecified atom stereocenters. The van der Waals surface area contributed by atoms with Crippen molar-refractivity contribution in [1.29, 1.82) is 0 Å². The fraction of sp³-hybridized carbons (Fsp3) is 0.375. The second kappa shape index (κ2) is 5.47. The van der Waals surface area contributed by atoms with Crippen LogP contribution in [0.2, 0.25) is 5.15 Å². The van der Waals surface area contributed by atoms with Crippen LogP contribution in [-0.2, 0) is 0 Å². The summed E-state index contributed by atoms with van der Waals surface area (Å²) >= 11 is 5.60. The number of aliphatic hydroxyl groups is 1. The van der Waals surface area contributed by atoms with Gasteiger partial charge >= 0.3 is 0 Å². The highest BCUT2D eigenvalue weighted by Gasteiger charge is 2.09. The van der Waals surface area contributed by atoms with E-state index in [1.807, 2.05) is 0 Å². The SMILES string of the molecule is O=[N+]([O-])c1cc(Cl)nc(NCCCO)c1. The number of aliphatic hydroxyl groups excluding tert-OH is 1. The number of nitrogens with one attached hydrogen (secondary N) is 1. The van der Waals surface area contributed by atoms with E-state index >= 15 is 0 Å². The van der Waals surface area contributed by atoms with Gasteiger partial charge in [-0.2, -0.15) is 0 Å². The number of pyridine rings is 1. The molecular formula is C8H10ClN3O3. The summed E-state index contributed by atoms with van der Waals surface area (Å²) in [5.74, 6) is 0.336. The number of aromatic nitrogens is 1. The molecule has 0 amide bonds. The van der Waals surface area contributed by atoms with Crippen molar-refractivity contribution in [1.82, 2.24) is 4.98 Å². The average Bonchev–Trinajstić information content (AvgIpc) is 2.17. The van der Waals surface area contributed by atoms with Crippen molar-refractivity contribution in [2.45, 2.75) is 6.42 Å². The minimum absolute atomic E-state index is 0.0512. The normalized spacial score (nSPS) is 10.0. The summed E-state index contributed by atoms with van der Waals surface area (Å²) in [6.45, 7) is 0.538. The van der Waals surface area contributed by atoms with Crippen molar-refractivity contribution in [2.75, 3.05) is 18.5 Å². The number of anilines is 1. The standard InChI is InChI=1S/C8H10ClN3O3/c9-7-4-6(12(14)15)5-8(11-7)10-2-1-3-13/h4-5,13H,1-3H2,(H,10,11). The summed E-state index contributed by atoms with van der Waals surface area (Å²) in [6.07, 6.45) is 0.544. The number of hydrogen-bond acceptors (Lipinski definition) is 5. The van der Waals surface area contributed by atoms with E-state index in [1.165, 1.54) is 12.1 Å². The van der Waals surface area contributed by atoms with Crippen LogP contribution in [0.5, 0.6) is 0 Å². The van der Waals surface area contributed by atoms with E-state index in [2.05, 4.69) is 10.3 Å². The van der Waals surface area contributed by atoms with Crippen LogP contribution in [0.15, 0.2) is 12.1 Å². The maximum absolute atomic E-state index is 10.5. The first kappa shape index (κ1) is 11.7. The first-order valence-corrected chi connectivity index (χ1v) is 4.68. The smallest absolute Gasteiger partial charge is 0.276 e. The van der Waals surface area contributed by atoms with Gasteiger partial charge in [0.2, 0.25) is 0 Å². The predicted molar refractivity (Wildman–Crippen MR) is 56.1 cm³/mol. The van der Waals surface area contributed by atoms with Crippen molar-refractivity contribution in [2.24, 2.45) is 0 Å². The molecule has 1 aromatic heterocycles. The molecule has 0 radical (unpaired) electrons. The molecule has 82 valence electrons. The molecule has 1 heterocycles. The van der Waals surface area contributed by atoms with Crippen LogP contribution in [0.4, 0.5) is 11.5 Å². The molecule has 0 saturated heterocycles. The predicted octanol–water partition coefficient (Wildman–Crippen LogP) is 1.44. The molecule has 1 rings (SSSR count). The van der Waals surface area contributed by atoms with Gasteiger partial charge in [-0.05, 0) is 6.42 Å². The van der Waals surface area contributed by atoms with Gasteiger partial charge in [0.25, 0.3) is 5.69 Å². The van der Waals surface area contributed by atoms with Crippen molar-refractivity contribution in [3.05, 3.63) is 27.4 Å². The van der Waals surface area contributed by atoms with Crippen LogP contribution < -0.4 is 5.32 Å². The molecule has 0 spiro atoms. The summed E-state index contributed by atoms with van der Waals surface area (Å²) in [6, 6.07) is 2.47. The van der Waals surface area contributed by atoms with Crippen molar-refractivity contribution >= 4 is 23.1 Å². The summed E-state index contributed by atoms with van der Waals surface area (Å²) in [5, 5.41) is 21.9. The van der Waals surface area contributed by atoms with Crippen LogP contribution in [0.25, 0.3) is 0 Å². The summed E-state index contributed by atoms with van der Waals surface area (Å²) in [5.41, 5.74) is -0.110. The number of hydrogen-bond donors (Lipinski definition) is 2. The summed E-state index contributed by atoms with van der Waals surface area (Å²) < 4.78 is 0. The quantitative estimate of drug-likeness (QED) is 0.346. The lowest BCUT2D eigenvalue weighted by Crippen LogP contribution is -2.05. The van der Waals surface area contributed by atoms with Crippen LogP contribution in [0.1, 0.15) is 6.42 Å². The Morgan fingerprint density at radius 1 is 1.60 bits per heavy atom. The second-order valence-electron chi connectivity index (χ2n) is 2.79. The molecule has 2 N–H and O–H groups in total. The van der Waals surface area contributed by atoms with Gasteiger partial charge < -0.3 is 10.4 Å². The van der Waals surface area contributed by atoms with E-state index in [0.717, 1.165) is 0 Å². The Balaban J connectivity index is 2.75. The molecular weight excluding hydrogens is 222 g/mol. The highest BCUT2D eigenvalue weighted by atomic mass is 35.5. The first-order chi connectivity index (χ1) is 7.13. The van der Waals surface area contributed by atoms with E-state index in [-0.39, 0.29) is 17.4 Å². The number of nitro groups is 1.